The van der Waals surface area contributed by atoms with E-state index in [1.165, 1.54) is 55.1 Å². The number of nitrogens with two attached hydrogens (primary N) is 1. The lowest BCUT2D eigenvalue weighted by molar-refractivity contribution is -0.143. The van der Waals surface area contributed by atoms with E-state index in [4.69, 9.17) is 5.73 Å². The molecule has 0 saturated carbocycles. The summed E-state index contributed by atoms with van der Waals surface area (Å²) in [6.07, 6.45) is -3.05. The van der Waals surface area contributed by atoms with Crippen LogP contribution in [0.5, 0.6) is 11.5 Å². The van der Waals surface area contributed by atoms with E-state index in [-0.39, 0.29) is 56.1 Å². The fourth-order valence-corrected chi connectivity index (χ4v) is 11.0. The van der Waals surface area contributed by atoms with Crippen molar-refractivity contribution >= 4 is 145 Å². The number of carboxylic acids is 1. The molecule has 2 fully saturated rings. The highest BCUT2D eigenvalue weighted by Crippen LogP contribution is 2.21. The van der Waals surface area contributed by atoms with Gasteiger partial charge in [-0.25, -0.2) is 0 Å². The summed E-state index contributed by atoms with van der Waals surface area (Å²) in [5.74, 6) is -16.2. The third-order valence-electron chi connectivity index (χ3n) is 15.6. The lowest BCUT2D eigenvalue weighted by atomic mass is 10.0. The van der Waals surface area contributed by atoms with Crippen molar-refractivity contribution in [3.8, 4) is 11.5 Å². The number of hydrogen-bond acceptors (Lipinski definition) is 24. The van der Waals surface area contributed by atoms with Crippen LogP contribution in [0.15, 0.2) is 48.5 Å². The molecule has 0 bridgehead atoms. The lowest BCUT2D eigenvalue weighted by Crippen LogP contribution is -2.61. The number of aliphatic hydroxyl groups is 1. The fourth-order valence-electron chi connectivity index (χ4n) is 9.95. The Bertz CT molecular complexity index is 3270. The topological polar surface area (TPSA) is 531 Å². The first-order chi connectivity index (χ1) is 46.7. The van der Waals surface area contributed by atoms with E-state index in [0.717, 1.165) is 11.8 Å². The quantitative estimate of drug-likeness (QED) is 0.0218. The van der Waals surface area contributed by atoms with Gasteiger partial charge in [0.25, 0.3) is 0 Å². The van der Waals surface area contributed by atoms with Gasteiger partial charge < -0.3 is 99.2 Å². The van der Waals surface area contributed by atoms with E-state index >= 15 is 0 Å². The van der Waals surface area contributed by atoms with Gasteiger partial charge in [-0.3, -0.25) is 77.2 Å². The third kappa shape index (κ3) is 25.7. The molecule has 18 N–H and O–H groups in total. The second-order valence-corrected chi connectivity index (χ2v) is 24.7. The molecule has 14 atom stereocenters. The minimum atomic E-state index is -1.76. The van der Waals surface area contributed by atoms with Gasteiger partial charge in [-0.2, -0.15) is 50.5 Å². The Morgan fingerprint density at radius 1 is 0.606 bits per heavy atom. The molecule has 4 unspecified atom stereocenters. The summed E-state index contributed by atoms with van der Waals surface area (Å²) in [6, 6.07) is -6.81. The van der Waals surface area contributed by atoms with E-state index in [1.54, 1.807) is 19.1 Å². The molecule has 39 heteroatoms. The van der Waals surface area contributed by atoms with Gasteiger partial charge in [-0.1, -0.05) is 24.3 Å². The minimum absolute atomic E-state index is 0.00745. The van der Waals surface area contributed by atoms with Crippen LogP contribution in [-0.4, -0.2) is 253 Å². The van der Waals surface area contributed by atoms with Gasteiger partial charge in [0, 0.05) is 42.4 Å². The maximum atomic E-state index is 14.2. The SMILES string of the molecule is CC(NC(=O)[C@@H]1CCCN1C(=O)[C@H](CC(N)=O)NC(=O)[C@H](CS)NC(=O)[C@H](CS)NC(=O)[C@H](Cc1ccc(O)cc1)NC(=O)[C@H](CCC(=O)O)NC(=O)C(C)N1CNC(C)C1=O)C(=O)N[C@@H](CS)C(=O)N[C@H](C(=O)NCC(=O)NC(CS)C(=O)N[C@H](C=O)Cc1ccc(O)cc1)[C@@H](C)O. The molecule has 14 amide bonds. The van der Waals surface area contributed by atoms with Crippen LogP contribution in [0.1, 0.15) is 70.9 Å². The van der Waals surface area contributed by atoms with Crippen LogP contribution < -0.4 is 69.5 Å². The summed E-state index contributed by atoms with van der Waals surface area (Å²) in [5, 5.41) is 68.6. The summed E-state index contributed by atoms with van der Waals surface area (Å²) in [4.78, 5) is 214. The predicted molar refractivity (Wildman–Crippen MR) is 364 cm³/mol. The summed E-state index contributed by atoms with van der Waals surface area (Å²) in [5.41, 5.74) is 6.48. The number of aliphatic hydroxyl groups excluding tert-OH is 1. The van der Waals surface area contributed by atoms with Crippen molar-refractivity contribution in [2.24, 2.45) is 5.73 Å². The number of aldehydes is 1. The minimum Gasteiger partial charge on any atom is -0.508 e. The molecular weight excluding hydrogens is 1380 g/mol. The van der Waals surface area contributed by atoms with Gasteiger partial charge in [-0.05, 0) is 88.8 Å². The van der Waals surface area contributed by atoms with Crippen molar-refractivity contribution in [2.75, 3.05) is 42.8 Å². The highest BCUT2D eigenvalue weighted by molar-refractivity contribution is 7.80. The van der Waals surface area contributed by atoms with Crippen LogP contribution in [0.25, 0.3) is 0 Å². The number of nitrogens with zero attached hydrogens (tertiary/aromatic N) is 2. The zero-order chi connectivity index (χ0) is 74.0. The largest absolute Gasteiger partial charge is 0.508 e. The lowest BCUT2D eigenvalue weighted by Gasteiger charge is -2.30. The van der Waals surface area contributed by atoms with Crippen LogP contribution in [-0.2, 0) is 89.6 Å². The number of likely N-dealkylation sites (tertiary alicyclic amines) is 1. The average Bonchev–Trinajstić information content (AvgIpc) is 1.73. The Kier molecular flexibility index (Phi) is 33.5. The van der Waals surface area contributed by atoms with E-state index < -0.39 is 216 Å². The Labute approximate surface area is 590 Å². The average molecular weight is 1460 g/mol. The first-order valence-electron chi connectivity index (χ1n) is 31.0. The van der Waals surface area contributed by atoms with Gasteiger partial charge in [0.2, 0.25) is 82.7 Å². The molecule has 544 valence electrons. The molecule has 99 heavy (non-hydrogen) atoms. The second-order valence-electron chi connectivity index (χ2n) is 23.2. The zero-order valence-corrected chi connectivity index (χ0v) is 57.8. The zero-order valence-electron chi connectivity index (χ0n) is 54.3. The molecule has 2 aliphatic rings. The first kappa shape index (κ1) is 82.5. The smallest absolute Gasteiger partial charge is 0.303 e. The van der Waals surface area contributed by atoms with Crippen LogP contribution in [0.4, 0.5) is 0 Å². The number of hydrogen-bond donors (Lipinski definition) is 21. The molecule has 2 aromatic carbocycles. The number of primary amides is 1. The number of phenols is 2. The van der Waals surface area contributed by atoms with E-state index in [9.17, 15) is 97.1 Å². The number of phenolic OH excluding ortho intramolecular Hbond substituents is 2. The van der Waals surface area contributed by atoms with Crippen molar-refractivity contribution in [3.05, 3.63) is 59.7 Å². The first-order valence-corrected chi connectivity index (χ1v) is 33.6. The van der Waals surface area contributed by atoms with Crippen molar-refractivity contribution in [2.45, 2.75) is 157 Å². The molecule has 0 aliphatic carbocycles. The van der Waals surface area contributed by atoms with Crippen molar-refractivity contribution in [3.63, 3.8) is 0 Å². The number of aliphatic carboxylic acids is 1. The number of thiol groups is 4. The highest BCUT2D eigenvalue weighted by atomic mass is 32.1. The van der Waals surface area contributed by atoms with Crippen molar-refractivity contribution < 1.29 is 97.1 Å². The number of carboxylic acid groups (broad SMARTS) is 1. The number of amides is 14. The Morgan fingerprint density at radius 2 is 1.07 bits per heavy atom. The summed E-state index contributed by atoms with van der Waals surface area (Å²) in [7, 11) is 0. The molecule has 2 aliphatic heterocycles. The normalized spacial score (nSPS) is 17.8. The number of aromatic hydroxyl groups is 2. The highest BCUT2D eigenvalue weighted by Gasteiger charge is 2.42. The van der Waals surface area contributed by atoms with Crippen LogP contribution in [0.2, 0.25) is 0 Å². The van der Waals surface area contributed by atoms with Gasteiger partial charge in [0.1, 0.15) is 84.2 Å². The molecule has 0 radical (unpaired) electrons. The van der Waals surface area contributed by atoms with Gasteiger partial charge >= 0.3 is 5.97 Å². The van der Waals surface area contributed by atoms with Crippen LogP contribution in [0.3, 0.4) is 0 Å². The third-order valence-corrected chi connectivity index (χ3v) is 17.1. The Morgan fingerprint density at radius 3 is 1.57 bits per heavy atom. The monoisotopic (exact) mass is 1460 g/mol. The number of nitrogens with one attached hydrogen (secondary N) is 12. The molecule has 0 aromatic heterocycles. The predicted octanol–water partition coefficient (Wildman–Crippen LogP) is -6.94. The molecule has 35 nitrogen and oxygen atoms in total. The molecular formula is C60H85N15O20S4. The van der Waals surface area contributed by atoms with Gasteiger partial charge in [-0.15, -0.1) is 0 Å². The Balaban J connectivity index is 1.37. The molecule has 0 spiro atoms. The second kappa shape index (κ2) is 40.2. The fraction of sp³-hybridized carbons (Fsp3) is 0.533. The summed E-state index contributed by atoms with van der Waals surface area (Å²) in [6.45, 7) is 4.49. The summed E-state index contributed by atoms with van der Waals surface area (Å²) >= 11 is 16.6. The van der Waals surface area contributed by atoms with Crippen molar-refractivity contribution in [1.82, 2.24) is 73.6 Å². The van der Waals surface area contributed by atoms with E-state index in [0.29, 0.717) is 17.4 Å². The maximum Gasteiger partial charge on any atom is 0.303 e. The van der Waals surface area contributed by atoms with Crippen LogP contribution >= 0.6 is 50.5 Å². The molecule has 2 aromatic rings. The number of carbonyl (C=O) groups is 16. The number of carbonyl (C=O) groups excluding carboxylic acids is 15. The molecule has 2 saturated heterocycles. The number of rotatable bonds is 39. The Hall–Kier alpha value is -8.92. The van der Waals surface area contributed by atoms with Gasteiger partial charge in [0.15, 0.2) is 0 Å². The standard InChI is InChI=1S/C60H85N15O20S4/c1-28(49(84)70-43(26-99)56(91)73-48(31(4)77)58(93)62-21-46(81)66-40(23-96)53(88)65-34(22-76)18-32-7-11-35(78)12-8-32)64-57(92)44-6-5-17-74(44)60(95)39(20-45(61)80)69-54(89)41(24-97)72-55(90)42(25-98)71-52(87)38(19-33-9-13-36(79)14-10-33)68-51(86)37(15-16-47(82)83)67-50(85)30(3)75-27-63-29(2)59(75)94/h7-14,22,28-31,34,37-44,48,63,77-79,96-99H,5-6,15-21,23-27H2,1-4H3,(H2,61,80)(H,62,93)(H,64,92)(H,65,88)(H,66,81)(H,67,85)(H,68,86)(H,69,89)(H,70,84)(H,71,87)(H,72,90)(H,73,91)(H,82,83)/t28?,29?,30?,31-,34+,37+,38+,39+,40?,41+,42+,43+,44+,48+/m1/s1. The van der Waals surface area contributed by atoms with E-state index in [1.807, 2.05) is 0 Å². The van der Waals surface area contributed by atoms with E-state index in [2.05, 4.69) is 114 Å². The van der Waals surface area contributed by atoms with Crippen LogP contribution in [0, 0.1) is 0 Å². The maximum absolute atomic E-state index is 14.2. The molecule has 4 rings (SSSR count). The summed E-state index contributed by atoms with van der Waals surface area (Å²) < 4.78 is 0. The van der Waals surface area contributed by atoms with Crippen molar-refractivity contribution in [1.29, 1.82) is 0 Å². The van der Waals surface area contributed by atoms with Gasteiger partial charge in [0.05, 0.1) is 37.8 Å². The number of benzene rings is 2. The molecule has 2 heterocycles.